The van der Waals surface area contributed by atoms with Gasteiger partial charge in [-0.3, -0.25) is 0 Å². The Morgan fingerprint density at radius 3 is 2.08 bits per heavy atom. The fourth-order valence-corrected chi connectivity index (χ4v) is 1.88. The smallest absolute Gasteiger partial charge is 0.338 e. The van der Waals surface area contributed by atoms with Crippen LogP contribution in [0.3, 0.4) is 0 Å². The summed E-state index contributed by atoms with van der Waals surface area (Å²) >= 11 is 0. The maximum Gasteiger partial charge on any atom is 0.338 e. The predicted molar refractivity (Wildman–Crippen MR) is 96.0 cm³/mol. The molecule has 0 saturated carbocycles. The van der Waals surface area contributed by atoms with Gasteiger partial charge in [0.2, 0.25) is 0 Å². The molecule has 24 heavy (non-hydrogen) atoms. The van der Waals surface area contributed by atoms with E-state index in [1.807, 2.05) is 27.7 Å². The molecular weight excluding hydrogens is 304 g/mol. The van der Waals surface area contributed by atoms with E-state index in [0.717, 1.165) is 12.8 Å². The van der Waals surface area contributed by atoms with Crippen molar-refractivity contribution in [2.24, 2.45) is 11.8 Å². The Morgan fingerprint density at radius 1 is 1.04 bits per heavy atom. The number of hydrogen-bond donors (Lipinski definition) is 0. The van der Waals surface area contributed by atoms with Gasteiger partial charge in [-0.15, -0.1) is 0 Å². The molecule has 132 valence electrons. The summed E-state index contributed by atoms with van der Waals surface area (Å²) < 4.78 is 10.6. The Kier molecular flexibility index (Phi) is 8.24. The molecule has 0 saturated heterocycles. The van der Waals surface area contributed by atoms with Crippen LogP contribution in [0.1, 0.15) is 66.8 Å². The van der Waals surface area contributed by atoms with Crippen molar-refractivity contribution < 1.29 is 19.1 Å². The lowest BCUT2D eigenvalue weighted by molar-refractivity contribution is 0.0433. The van der Waals surface area contributed by atoms with Crippen LogP contribution >= 0.6 is 0 Å². The van der Waals surface area contributed by atoms with Crippen molar-refractivity contribution in [2.75, 3.05) is 13.2 Å². The Balaban J connectivity index is 2.82. The lowest BCUT2D eigenvalue weighted by Crippen LogP contribution is -2.14. The molecule has 4 nitrogen and oxygen atoms in total. The van der Waals surface area contributed by atoms with E-state index in [4.69, 9.17) is 9.47 Å². The molecule has 0 aliphatic rings. The fraction of sp³-hybridized carbons (Fsp3) is 0.500. The Bertz CT molecular complexity index is 577. The van der Waals surface area contributed by atoms with Crippen LogP contribution in [0.5, 0.6) is 0 Å². The second-order valence-corrected chi connectivity index (χ2v) is 6.23. The molecule has 0 bridgehead atoms. The van der Waals surface area contributed by atoms with Gasteiger partial charge < -0.3 is 9.47 Å². The molecule has 0 aliphatic heterocycles. The molecule has 2 unspecified atom stereocenters. The van der Waals surface area contributed by atoms with Crippen molar-refractivity contribution in [1.82, 2.24) is 0 Å². The minimum absolute atomic E-state index is 0.316. The highest BCUT2D eigenvalue weighted by molar-refractivity contribution is 5.97. The Morgan fingerprint density at radius 2 is 1.58 bits per heavy atom. The molecule has 0 heterocycles. The minimum atomic E-state index is -0.398. The molecule has 0 radical (unpaired) electrons. The van der Waals surface area contributed by atoms with Gasteiger partial charge in [0.25, 0.3) is 0 Å². The number of hydrogen-bond acceptors (Lipinski definition) is 4. The number of esters is 2. The van der Waals surface area contributed by atoms with Crippen LogP contribution in [-0.2, 0) is 9.47 Å². The Labute approximate surface area is 144 Å². The minimum Gasteiger partial charge on any atom is -0.462 e. The highest BCUT2D eigenvalue weighted by Crippen LogP contribution is 2.17. The van der Waals surface area contributed by atoms with Crippen molar-refractivity contribution in [2.45, 2.75) is 40.5 Å². The summed E-state index contributed by atoms with van der Waals surface area (Å²) in [5, 5.41) is 0. The van der Waals surface area contributed by atoms with Crippen LogP contribution in [0.25, 0.3) is 6.08 Å². The number of ether oxygens (including phenoxy) is 2. The zero-order chi connectivity index (χ0) is 18.1. The van der Waals surface area contributed by atoms with Gasteiger partial charge in [-0.1, -0.05) is 53.2 Å². The zero-order valence-corrected chi connectivity index (χ0v) is 15.1. The third-order valence-corrected chi connectivity index (χ3v) is 4.12. The van der Waals surface area contributed by atoms with E-state index < -0.39 is 11.9 Å². The number of benzene rings is 1. The topological polar surface area (TPSA) is 52.6 Å². The fourth-order valence-electron chi connectivity index (χ4n) is 1.88. The van der Waals surface area contributed by atoms with Crippen molar-refractivity contribution in [3.8, 4) is 0 Å². The largest absolute Gasteiger partial charge is 0.462 e. The van der Waals surface area contributed by atoms with Crippen LogP contribution in [0.2, 0.25) is 0 Å². The van der Waals surface area contributed by atoms with Crippen molar-refractivity contribution in [1.29, 1.82) is 0 Å². The first-order valence-electron chi connectivity index (χ1n) is 8.53. The second kappa shape index (κ2) is 9.91. The maximum atomic E-state index is 12.2. The van der Waals surface area contributed by atoms with Crippen molar-refractivity contribution in [3.63, 3.8) is 0 Å². The molecule has 0 amide bonds. The lowest BCUT2D eigenvalue weighted by atomic mass is 10.0. The molecule has 1 aromatic carbocycles. The summed E-state index contributed by atoms with van der Waals surface area (Å²) in [7, 11) is 0. The zero-order valence-electron chi connectivity index (χ0n) is 15.1. The summed E-state index contributed by atoms with van der Waals surface area (Å²) in [6.07, 6.45) is 3.44. The van der Waals surface area contributed by atoms with Crippen LogP contribution in [0, 0.1) is 11.8 Å². The monoisotopic (exact) mass is 332 g/mol. The molecule has 0 aliphatic carbocycles. The molecule has 0 fully saturated rings. The number of carbonyl (C=O) groups is 2. The lowest BCUT2D eigenvalue weighted by Gasteiger charge is -2.13. The van der Waals surface area contributed by atoms with Gasteiger partial charge in [0, 0.05) is 0 Å². The average molecular weight is 332 g/mol. The van der Waals surface area contributed by atoms with Crippen molar-refractivity contribution in [3.05, 3.63) is 41.5 Å². The number of carbonyl (C=O) groups excluding carboxylic acids is 2. The van der Waals surface area contributed by atoms with E-state index >= 15 is 0 Å². The van der Waals surface area contributed by atoms with Gasteiger partial charge in [-0.05, 0) is 35.6 Å². The molecule has 1 aromatic rings. The third kappa shape index (κ3) is 5.84. The van der Waals surface area contributed by atoms with E-state index in [1.54, 1.807) is 24.3 Å². The SMILES string of the molecule is C=Cc1cc(C(=O)OCC(C)CC)ccc1C(=O)OCC(C)CC. The van der Waals surface area contributed by atoms with Gasteiger partial charge in [0.05, 0.1) is 24.3 Å². The highest BCUT2D eigenvalue weighted by Gasteiger charge is 2.16. The predicted octanol–water partition coefficient (Wildman–Crippen LogP) is 4.74. The first-order chi connectivity index (χ1) is 11.4. The van der Waals surface area contributed by atoms with E-state index in [1.165, 1.54) is 0 Å². The summed E-state index contributed by atoms with van der Waals surface area (Å²) in [6.45, 7) is 12.6. The number of rotatable bonds is 9. The standard InChI is InChI=1S/C20H28O4/c1-6-14(4)12-23-19(21)17-9-10-18(16(8-3)11-17)20(22)24-13-15(5)7-2/h8-11,14-15H,3,6-7,12-13H2,1-2,4-5H3. The van der Waals surface area contributed by atoms with E-state index in [-0.39, 0.29) is 0 Å². The van der Waals surface area contributed by atoms with Gasteiger partial charge >= 0.3 is 11.9 Å². The van der Waals surface area contributed by atoms with Crippen LogP contribution in [0.4, 0.5) is 0 Å². The summed E-state index contributed by atoms with van der Waals surface area (Å²) in [5.41, 5.74) is 1.39. The van der Waals surface area contributed by atoms with Crippen LogP contribution in [0.15, 0.2) is 24.8 Å². The van der Waals surface area contributed by atoms with Crippen molar-refractivity contribution >= 4 is 18.0 Å². The first-order valence-corrected chi connectivity index (χ1v) is 8.53. The molecular formula is C20H28O4. The normalized spacial score (nSPS) is 13.0. The molecule has 2 atom stereocenters. The summed E-state index contributed by atoms with van der Waals surface area (Å²) in [5.74, 6) is -0.152. The molecule has 0 aromatic heterocycles. The van der Waals surface area contributed by atoms with Gasteiger partial charge in [0.15, 0.2) is 0 Å². The van der Waals surface area contributed by atoms with Gasteiger partial charge in [-0.2, -0.15) is 0 Å². The van der Waals surface area contributed by atoms with Gasteiger partial charge in [0.1, 0.15) is 0 Å². The third-order valence-electron chi connectivity index (χ3n) is 4.12. The van der Waals surface area contributed by atoms with Crippen LogP contribution in [-0.4, -0.2) is 25.2 Å². The molecule has 0 spiro atoms. The maximum absolute atomic E-state index is 12.2. The molecule has 1 rings (SSSR count). The van der Waals surface area contributed by atoms with E-state index in [0.29, 0.717) is 41.7 Å². The molecule has 0 N–H and O–H groups in total. The average Bonchev–Trinajstić information content (AvgIpc) is 2.62. The van der Waals surface area contributed by atoms with E-state index in [2.05, 4.69) is 6.58 Å². The van der Waals surface area contributed by atoms with E-state index in [9.17, 15) is 9.59 Å². The molecule has 4 heteroatoms. The quantitative estimate of drug-likeness (QED) is 0.613. The first kappa shape index (κ1) is 19.9. The summed E-state index contributed by atoms with van der Waals surface area (Å²) in [6, 6.07) is 4.80. The van der Waals surface area contributed by atoms with Crippen LogP contribution < -0.4 is 0 Å². The van der Waals surface area contributed by atoms with Gasteiger partial charge in [-0.25, -0.2) is 9.59 Å². The summed E-state index contributed by atoms with van der Waals surface area (Å²) in [4.78, 5) is 24.3. The highest BCUT2D eigenvalue weighted by atomic mass is 16.5. The Hall–Kier alpha value is -2.10. The second-order valence-electron chi connectivity index (χ2n) is 6.23.